The standard InChI is InChI=1S/C30H27ClN4O2/c31-27-15-29(34-18-25(27)30(36)37)35-14-13-22(26(19-35)21-7-2-1-3-8-21)17-33-28(16-32)24-12-6-10-20-9-4-5-11-23(20)24/h1-12,15,18,22,26,28,33H,13-14,17,19H2,(H,36,37)/t22?,26?,28-/m1/s1. The van der Waals surface area contributed by atoms with Gasteiger partial charge in [-0.2, -0.15) is 5.26 Å². The van der Waals surface area contributed by atoms with Crippen molar-refractivity contribution in [3.63, 3.8) is 0 Å². The molecule has 2 heterocycles. The summed E-state index contributed by atoms with van der Waals surface area (Å²) in [5.74, 6) is 0.0921. The molecular formula is C30H27ClN4O2. The quantitative estimate of drug-likeness (QED) is 0.314. The Kier molecular flexibility index (Phi) is 7.36. The van der Waals surface area contributed by atoms with Gasteiger partial charge in [-0.25, -0.2) is 9.78 Å². The minimum absolute atomic E-state index is 0.0000863. The number of benzene rings is 3. The smallest absolute Gasteiger partial charge is 0.338 e. The first-order valence-electron chi connectivity index (χ1n) is 12.3. The van der Waals surface area contributed by atoms with E-state index in [1.54, 1.807) is 6.07 Å². The molecule has 3 atom stereocenters. The Morgan fingerprint density at radius 1 is 1.14 bits per heavy atom. The van der Waals surface area contributed by atoms with Crippen molar-refractivity contribution in [1.82, 2.24) is 10.3 Å². The summed E-state index contributed by atoms with van der Waals surface area (Å²) in [6.07, 6.45) is 2.22. The largest absolute Gasteiger partial charge is 0.478 e. The fourth-order valence-corrected chi connectivity index (χ4v) is 5.51. The van der Waals surface area contributed by atoms with Gasteiger partial charge in [0.15, 0.2) is 0 Å². The number of halogens is 1. The number of nitrogens with one attached hydrogen (secondary N) is 1. The lowest BCUT2D eigenvalue weighted by molar-refractivity contribution is 0.0696. The van der Waals surface area contributed by atoms with E-state index in [1.165, 1.54) is 11.8 Å². The molecule has 0 bridgehead atoms. The minimum atomic E-state index is -1.09. The van der Waals surface area contributed by atoms with Crippen LogP contribution in [0.2, 0.25) is 5.02 Å². The van der Waals surface area contributed by atoms with Crippen LogP contribution in [0.3, 0.4) is 0 Å². The molecule has 1 fully saturated rings. The maximum absolute atomic E-state index is 11.3. The Morgan fingerprint density at radius 2 is 1.89 bits per heavy atom. The van der Waals surface area contributed by atoms with Crippen molar-refractivity contribution in [3.05, 3.63) is 107 Å². The molecule has 186 valence electrons. The van der Waals surface area contributed by atoms with Crippen LogP contribution in [-0.2, 0) is 0 Å². The molecule has 3 aromatic carbocycles. The molecule has 0 radical (unpaired) electrons. The number of hydrogen-bond donors (Lipinski definition) is 2. The Balaban J connectivity index is 1.37. The topological polar surface area (TPSA) is 89.2 Å². The first-order valence-corrected chi connectivity index (χ1v) is 12.7. The van der Waals surface area contributed by atoms with Crippen LogP contribution in [-0.4, -0.2) is 35.7 Å². The zero-order valence-corrected chi connectivity index (χ0v) is 21.0. The summed E-state index contributed by atoms with van der Waals surface area (Å²) in [7, 11) is 0. The van der Waals surface area contributed by atoms with Gasteiger partial charge in [-0.3, -0.25) is 5.32 Å². The molecule has 7 heteroatoms. The van der Waals surface area contributed by atoms with Crippen LogP contribution in [0.25, 0.3) is 10.8 Å². The van der Waals surface area contributed by atoms with E-state index in [9.17, 15) is 15.2 Å². The summed E-state index contributed by atoms with van der Waals surface area (Å²) in [5, 5.41) is 25.3. The highest BCUT2D eigenvalue weighted by Crippen LogP contribution is 2.35. The third kappa shape index (κ3) is 5.29. The van der Waals surface area contributed by atoms with E-state index in [0.717, 1.165) is 35.8 Å². The summed E-state index contributed by atoms with van der Waals surface area (Å²) < 4.78 is 0. The van der Waals surface area contributed by atoms with Crippen LogP contribution in [0.1, 0.15) is 39.9 Å². The van der Waals surface area contributed by atoms with Crippen molar-refractivity contribution < 1.29 is 9.90 Å². The van der Waals surface area contributed by atoms with E-state index < -0.39 is 12.0 Å². The number of aromatic nitrogens is 1. The van der Waals surface area contributed by atoms with E-state index >= 15 is 0 Å². The van der Waals surface area contributed by atoms with Gasteiger partial charge < -0.3 is 10.0 Å². The molecule has 5 rings (SSSR count). The number of nitriles is 1. The summed E-state index contributed by atoms with van der Waals surface area (Å²) in [6.45, 7) is 2.18. The average Bonchev–Trinajstić information content (AvgIpc) is 2.93. The molecule has 2 N–H and O–H groups in total. The highest BCUT2D eigenvalue weighted by Gasteiger charge is 2.32. The van der Waals surface area contributed by atoms with Gasteiger partial charge in [0, 0.05) is 37.8 Å². The molecule has 2 unspecified atom stereocenters. The number of fused-ring (bicyclic) bond motifs is 1. The van der Waals surface area contributed by atoms with Crippen LogP contribution in [0.4, 0.5) is 5.82 Å². The molecule has 1 aliphatic rings. The van der Waals surface area contributed by atoms with Gasteiger partial charge in [-0.05, 0) is 34.2 Å². The molecule has 1 saturated heterocycles. The summed E-state index contributed by atoms with van der Waals surface area (Å²) >= 11 is 6.24. The van der Waals surface area contributed by atoms with Crippen LogP contribution < -0.4 is 10.2 Å². The van der Waals surface area contributed by atoms with Gasteiger partial charge in [-0.1, -0.05) is 84.4 Å². The van der Waals surface area contributed by atoms with Crippen molar-refractivity contribution in [3.8, 4) is 6.07 Å². The number of piperidine rings is 1. The van der Waals surface area contributed by atoms with E-state index in [1.807, 2.05) is 42.5 Å². The van der Waals surface area contributed by atoms with Gasteiger partial charge in [0.2, 0.25) is 0 Å². The number of anilines is 1. The van der Waals surface area contributed by atoms with Gasteiger partial charge in [-0.15, -0.1) is 0 Å². The van der Waals surface area contributed by atoms with Gasteiger partial charge >= 0.3 is 5.97 Å². The number of hydrogen-bond acceptors (Lipinski definition) is 5. The van der Waals surface area contributed by atoms with E-state index in [-0.39, 0.29) is 16.5 Å². The summed E-state index contributed by atoms with van der Waals surface area (Å²) in [6, 6.07) is 28.3. The van der Waals surface area contributed by atoms with Gasteiger partial charge in [0.25, 0.3) is 0 Å². The Morgan fingerprint density at radius 3 is 2.65 bits per heavy atom. The number of rotatable bonds is 7. The van der Waals surface area contributed by atoms with Crippen molar-refractivity contribution in [1.29, 1.82) is 5.26 Å². The van der Waals surface area contributed by atoms with Gasteiger partial charge in [0.1, 0.15) is 11.9 Å². The number of carbonyl (C=O) groups is 1. The maximum Gasteiger partial charge on any atom is 0.338 e. The number of carboxylic acids is 1. The van der Waals surface area contributed by atoms with E-state index in [0.29, 0.717) is 18.3 Å². The molecule has 0 spiro atoms. The van der Waals surface area contributed by atoms with Crippen LogP contribution >= 0.6 is 11.6 Å². The van der Waals surface area contributed by atoms with Crippen LogP contribution in [0.5, 0.6) is 0 Å². The lowest BCUT2D eigenvalue weighted by Gasteiger charge is -2.40. The zero-order valence-electron chi connectivity index (χ0n) is 20.2. The Labute approximate surface area is 221 Å². The summed E-state index contributed by atoms with van der Waals surface area (Å²) in [5.41, 5.74) is 2.22. The molecule has 0 aliphatic carbocycles. The molecule has 1 aromatic heterocycles. The molecule has 6 nitrogen and oxygen atoms in total. The fourth-order valence-electron chi connectivity index (χ4n) is 5.28. The zero-order chi connectivity index (χ0) is 25.8. The summed E-state index contributed by atoms with van der Waals surface area (Å²) in [4.78, 5) is 17.9. The third-order valence-corrected chi connectivity index (χ3v) is 7.54. The molecule has 0 saturated carbocycles. The highest BCUT2D eigenvalue weighted by atomic mass is 35.5. The van der Waals surface area contributed by atoms with E-state index in [4.69, 9.17) is 11.6 Å². The normalized spacial score (nSPS) is 18.3. The number of carboxylic acid groups (broad SMARTS) is 1. The third-order valence-electron chi connectivity index (χ3n) is 7.22. The monoisotopic (exact) mass is 510 g/mol. The average molecular weight is 511 g/mol. The second-order valence-corrected chi connectivity index (χ2v) is 9.79. The number of pyridine rings is 1. The van der Waals surface area contributed by atoms with Crippen molar-refractivity contribution in [2.24, 2.45) is 5.92 Å². The van der Waals surface area contributed by atoms with Gasteiger partial charge in [0.05, 0.1) is 16.7 Å². The number of aromatic carboxylic acids is 1. The Bertz CT molecular complexity index is 1450. The second-order valence-electron chi connectivity index (χ2n) is 9.38. The maximum atomic E-state index is 11.3. The fraction of sp³-hybridized carbons (Fsp3) is 0.233. The van der Waals surface area contributed by atoms with Crippen LogP contribution in [0, 0.1) is 17.2 Å². The second kappa shape index (κ2) is 11.0. The van der Waals surface area contributed by atoms with Crippen molar-refractivity contribution in [2.45, 2.75) is 18.4 Å². The molecule has 1 aliphatic heterocycles. The first kappa shape index (κ1) is 24.8. The number of nitrogens with zero attached hydrogens (tertiary/aromatic N) is 3. The lowest BCUT2D eigenvalue weighted by atomic mass is 9.80. The molecule has 37 heavy (non-hydrogen) atoms. The Hall–Kier alpha value is -3.92. The molecular weight excluding hydrogens is 484 g/mol. The van der Waals surface area contributed by atoms with Crippen molar-refractivity contribution in [2.75, 3.05) is 24.5 Å². The highest BCUT2D eigenvalue weighted by molar-refractivity contribution is 6.33. The SMILES string of the molecule is N#C[C@@H](NCC1CCN(c2cc(Cl)c(C(=O)O)cn2)CC1c1ccccc1)c1cccc2ccccc12. The lowest BCUT2D eigenvalue weighted by Crippen LogP contribution is -2.43. The minimum Gasteiger partial charge on any atom is -0.478 e. The van der Waals surface area contributed by atoms with Crippen molar-refractivity contribution >= 4 is 34.2 Å². The van der Waals surface area contributed by atoms with Crippen LogP contribution in [0.15, 0.2) is 85.1 Å². The molecule has 4 aromatic rings. The van der Waals surface area contributed by atoms with E-state index in [2.05, 4.69) is 51.6 Å². The predicted octanol–water partition coefficient (Wildman–Crippen LogP) is 6.05. The predicted molar refractivity (Wildman–Crippen MR) is 146 cm³/mol. The first-order chi connectivity index (χ1) is 18.0. The molecule has 0 amide bonds.